The molecule has 1 aliphatic carbocycles. The molecule has 0 radical (unpaired) electrons. The normalized spacial score (nSPS) is 23.0. The van der Waals surface area contributed by atoms with Crippen LogP contribution in [0, 0.1) is 11.7 Å². The van der Waals surface area contributed by atoms with Gasteiger partial charge in [0.15, 0.2) is 5.82 Å². The third kappa shape index (κ3) is 3.75. The Bertz CT molecular complexity index is 1120. The Kier molecular flexibility index (Phi) is 5.29. The highest BCUT2D eigenvalue weighted by atomic mass is 19.1. The fourth-order valence-corrected chi connectivity index (χ4v) is 4.66. The lowest BCUT2D eigenvalue weighted by Crippen LogP contribution is -2.38. The van der Waals surface area contributed by atoms with Crippen LogP contribution in [0.5, 0.6) is 0 Å². The summed E-state index contributed by atoms with van der Waals surface area (Å²) in [6.07, 6.45) is 6.13. The van der Waals surface area contributed by atoms with Gasteiger partial charge in [0.05, 0.1) is 12.2 Å². The van der Waals surface area contributed by atoms with E-state index in [1.54, 1.807) is 6.07 Å². The molecule has 0 amide bonds. The number of aromatic amines is 1. The number of hydrazine groups is 1. The van der Waals surface area contributed by atoms with Crippen molar-refractivity contribution in [3.05, 3.63) is 69.7 Å². The molecule has 8 nitrogen and oxygen atoms in total. The van der Waals surface area contributed by atoms with Crippen LogP contribution >= 0.6 is 0 Å². The molecule has 31 heavy (non-hydrogen) atoms. The third-order valence-corrected chi connectivity index (χ3v) is 6.31. The molecular weight excluding hydrogens is 397 g/mol. The van der Waals surface area contributed by atoms with E-state index in [9.17, 15) is 9.18 Å². The highest BCUT2D eigenvalue weighted by Crippen LogP contribution is 2.31. The molecule has 1 saturated heterocycles. The zero-order valence-electron chi connectivity index (χ0n) is 17.4. The number of aryl methyl sites for hydroxylation is 1. The quantitative estimate of drug-likeness (QED) is 0.503. The first-order valence-corrected chi connectivity index (χ1v) is 10.8. The summed E-state index contributed by atoms with van der Waals surface area (Å²) < 4.78 is 14.8. The fraction of sp³-hybridized carbons (Fsp3) is 0.409. The Morgan fingerprint density at radius 1 is 1.16 bits per heavy atom. The fourth-order valence-electron chi connectivity index (χ4n) is 4.66. The first-order valence-electron chi connectivity index (χ1n) is 10.8. The van der Waals surface area contributed by atoms with Gasteiger partial charge in [-0.1, -0.05) is 19.1 Å². The van der Waals surface area contributed by atoms with Crippen molar-refractivity contribution < 1.29 is 4.39 Å². The number of H-pyrrole nitrogens is 1. The van der Waals surface area contributed by atoms with Gasteiger partial charge in [-0.3, -0.25) is 9.89 Å². The van der Waals surface area contributed by atoms with Crippen molar-refractivity contribution >= 4 is 5.82 Å². The number of fused-ring (bicyclic) bond motifs is 1. The molecule has 9 heteroatoms. The standard InChI is InChI=1S/C22H26FN7O/c1-2-15-20(13-7-9-14(23)10-8-13)27-28-21(15)26-18-11-19(25-12-24-18)30-22(31)16-5-3-4-6-17(16)29-30/h7-12,15,20-21,27-29H,2-6H2,1H3,(H,24,25,26). The maximum absolute atomic E-state index is 13.3. The molecule has 2 aliphatic rings. The summed E-state index contributed by atoms with van der Waals surface area (Å²) in [5.74, 6) is 1.12. The second-order valence-electron chi connectivity index (χ2n) is 8.19. The number of hydrogen-bond donors (Lipinski definition) is 4. The smallest absolute Gasteiger partial charge is 0.276 e. The Morgan fingerprint density at radius 2 is 1.97 bits per heavy atom. The first-order chi connectivity index (χ1) is 15.1. The van der Waals surface area contributed by atoms with Gasteiger partial charge >= 0.3 is 0 Å². The molecule has 3 unspecified atom stereocenters. The summed E-state index contributed by atoms with van der Waals surface area (Å²) in [6, 6.07) is 8.40. The molecule has 162 valence electrons. The van der Waals surface area contributed by atoms with Gasteiger partial charge < -0.3 is 5.32 Å². The lowest BCUT2D eigenvalue weighted by molar-refractivity contribution is 0.425. The average Bonchev–Trinajstić information content (AvgIpc) is 3.35. The minimum Gasteiger partial charge on any atom is -0.353 e. The van der Waals surface area contributed by atoms with E-state index in [0.717, 1.165) is 48.9 Å². The largest absolute Gasteiger partial charge is 0.353 e. The van der Waals surface area contributed by atoms with Crippen LogP contribution in [0.1, 0.15) is 49.0 Å². The molecule has 3 atom stereocenters. The molecule has 2 aromatic heterocycles. The van der Waals surface area contributed by atoms with E-state index >= 15 is 0 Å². The Labute approximate surface area is 179 Å². The number of nitrogens with one attached hydrogen (secondary N) is 4. The van der Waals surface area contributed by atoms with Crippen LogP contribution in [0.15, 0.2) is 41.5 Å². The zero-order chi connectivity index (χ0) is 21.4. The van der Waals surface area contributed by atoms with Gasteiger partial charge in [0.1, 0.15) is 18.0 Å². The van der Waals surface area contributed by atoms with Crippen LogP contribution in [0.4, 0.5) is 10.2 Å². The topological polar surface area (TPSA) is 99.7 Å². The lowest BCUT2D eigenvalue weighted by Gasteiger charge is -2.23. The number of anilines is 1. The number of nitrogens with zero attached hydrogens (tertiary/aromatic N) is 3. The van der Waals surface area contributed by atoms with Crippen molar-refractivity contribution in [2.24, 2.45) is 5.92 Å². The molecule has 1 fully saturated rings. The van der Waals surface area contributed by atoms with Crippen molar-refractivity contribution in [2.45, 2.75) is 51.2 Å². The van der Waals surface area contributed by atoms with Gasteiger partial charge in [-0.05, 0) is 49.8 Å². The highest BCUT2D eigenvalue weighted by molar-refractivity contribution is 5.42. The van der Waals surface area contributed by atoms with Gasteiger partial charge in [-0.25, -0.2) is 29.9 Å². The SMILES string of the molecule is CCC1C(Nc2cc(-n3[nH]c4c(c3=O)CCCC4)ncn2)NNC1c1ccc(F)cc1. The van der Waals surface area contributed by atoms with E-state index in [2.05, 4.69) is 38.2 Å². The minimum atomic E-state index is -0.243. The van der Waals surface area contributed by atoms with Crippen molar-refractivity contribution in [2.75, 3.05) is 5.32 Å². The summed E-state index contributed by atoms with van der Waals surface area (Å²) in [5.41, 5.74) is 9.48. The van der Waals surface area contributed by atoms with E-state index < -0.39 is 0 Å². The molecule has 5 rings (SSSR count). The van der Waals surface area contributed by atoms with Gasteiger partial charge in [0.2, 0.25) is 0 Å². The average molecular weight is 423 g/mol. The van der Waals surface area contributed by atoms with Crippen LogP contribution in [-0.2, 0) is 12.8 Å². The van der Waals surface area contributed by atoms with Gasteiger partial charge in [-0.2, -0.15) is 0 Å². The van der Waals surface area contributed by atoms with Crippen LogP contribution < -0.4 is 21.7 Å². The van der Waals surface area contributed by atoms with E-state index in [4.69, 9.17) is 0 Å². The summed E-state index contributed by atoms with van der Waals surface area (Å²) in [7, 11) is 0. The summed E-state index contributed by atoms with van der Waals surface area (Å²) in [4.78, 5) is 21.5. The van der Waals surface area contributed by atoms with Crippen molar-refractivity contribution in [1.82, 2.24) is 30.6 Å². The van der Waals surface area contributed by atoms with E-state index in [1.165, 1.54) is 23.1 Å². The number of benzene rings is 1. The molecular formula is C22H26FN7O. The predicted molar refractivity (Wildman–Crippen MR) is 115 cm³/mol. The van der Waals surface area contributed by atoms with Gasteiger partial charge in [0, 0.05) is 23.2 Å². The molecule has 3 aromatic rings. The molecule has 4 N–H and O–H groups in total. The monoisotopic (exact) mass is 423 g/mol. The maximum Gasteiger partial charge on any atom is 0.276 e. The molecule has 3 heterocycles. The maximum atomic E-state index is 13.3. The molecule has 0 saturated carbocycles. The van der Waals surface area contributed by atoms with Crippen LogP contribution in [0.25, 0.3) is 5.82 Å². The first kappa shape index (κ1) is 19.9. The predicted octanol–water partition coefficient (Wildman–Crippen LogP) is 2.59. The zero-order valence-corrected chi connectivity index (χ0v) is 17.4. The second-order valence-corrected chi connectivity index (χ2v) is 8.19. The third-order valence-electron chi connectivity index (χ3n) is 6.31. The van der Waals surface area contributed by atoms with E-state index in [0.29, 0.717) is 11.6 Å². The minimum absolute atomic E-state index is 0.0252. The Balaban J connectivity index is 1.37. The van der Waals surface area contributed by atoms with E-state index in [1.807, 2.05) is 12.1 Å². The van der Waals surface area contributed by atoms with Crippen LogP contribution in [0.3, 0.4) is 0 Å². The summed E-state index contributed by atoms with van der Waals surface area (Å²) in [5, 5.41) is 6.64. The summed E-state index contributed by atoms with van der Waals surface area (Å²) in [6.45, 7) is 2.12. The summed E-state index contributed by atoms with van der Waals surface area (Å²) >= 11 is 0. The number of hydrogen-bond acceptors (Lipinski definition) is 6. The molecule has 1 aliphatic heterocycles. The highest BCUT2D eigenvalue weighted by Gasteiger charge is 2.35. The lowest BCUT2D eigenvalue weighted by atomic mass is 9.90. The van der Waals surface area contributed by atoms with E-state index in [-0.39, 0.29) is 29.5 Å². The molecule has 1 aromatic carbocycles. The van der Waals surface area contributed by atoms with Crippen LogP contribution in [-0.4, -0.2) is 25.9 Å². The number of halogens is 1. The van der Waals surface area contributed by atoms with Gasteiger partial charge in [-0.15, -0.1) is 0 Å². The van der Waals surface area contributed by atoms with Crippen LogP contribution in [0.2, 0.25) is 0 Å². The van der Waals surface area contributed by atoms with Gasteiger partial charge in [0.25, 0.3) is 5.56 Å². The number of rotatable bonds is 5. The second kappa shape index (κ2) is 8.24. The van der Waals surface area contributed by atoms with Crippen molar-refractivity contribution in [3.63, 3.8) is 0 Å². The molecule has 0 spiro atoms. The number of aromatic nitrogens is 4. The Morgan fingerprint density at radius 3 is 2.74 bits per heavy atom. The van der Waals surface area contributed by atoms with Crippen molar-refractivity contribution in [1.29, 1.82) is 0 Å². The van der Waals surface area contributed by atoms with Crippen molar-refractivity contribution in [3.8, 4) is 5.82 Å². The Hall–Kier alpha value is -3.04. The molecule has 0 bridgehead atoms.